The molecule has 0 bridgehead atoms. The molecule has 2 amide bonds. The van der Waals surface area contributed by atoms with Crippen LogP contribution in [0.1, 0.15) is 81.8 Å². The molecule has 0 spiro atoms. The first kappa shape index (κ1) is 33.4. The van der Waals surface area contributed by atoms with Gasteiger partial charge in [-0.1, -0.05) is 40.7 Å². The summed E-state index contributed by atoms with van der Waals surface area (Å²) in [5, 5.41) is 2.96. The molecule has 0 heterocycles. The van der Waals surface area contributed by atoms with Gasteiger partial charge in [0.05, 0.1) is 18.7 Å². The Morgan fingerprint density at radius 1 is 0.974 bits per heavy atom. The molecule has 0 aliphatic rings. The lowest BCUT2D eigenvalue weighted by Gasteiger charge is -2.38. The minimum atomic E-state index is -0.802. The highest BCUT2D eigenvalue weighted by atomic mass is 16.5. The highest BCUT2D eigenvalue weighted by molar-refractivity contribution is 5.91. The third-order valence-corrected chi connectivity index (χ3v) is 7.81. The Hall–Kier alpha value is -2.67. The van der Waals surface area contributed by atoms with Crippen LogP contribution in [0.5, 0.6) is 0 Å². The Bertz CT molecular complexity index is 1040. The Balaban J connectivity index is 3.24. The molecular formula is C31H51N3O4. The van der Waals surface area contributed by atoms with Gasteiger partial charge in [-0.2, -0.15) is 0 Å². The summed E-state index contributed by atoms with van der Waals surface area (Å²) in [7, 11) is 1.71. The lowest BCUT2D eigenvalue weighted by atomic mass is 9.84. The summed E-state index contributed by atoms with van der Waals surface area (Å²) >= 11 is 0. The lowest BCUT2D eigenvalue weighted by molar-refractivity contribution is -0.141. The van der Waals surface area contributed by atoms with Crippen molar-refractivity contribution >= 4 is 17.8 Å². The SMILES string of the molecule is CCOC(=O)/C(C)=C/[C@H](C(C)C)N(C)C(=O)[C@@H](NC(=O)[C@H](N)Cc1c(C)c(C)c(C)c(C)c1C)C(C)(C)C. The second kappa shape index (κ2) is 13.4. The van der Waals surface area contributed by atoms with Crippen LogP contribution in [0.3, 0.4) is 0 Å². The average molecular weight is 530 g/mol. The fraction of sp³-hybridized carbons (Fsp3) is 0.645. The van der Waals surface area contributed by atoms with Crippen LogP contribution in [0.2, 0.25) is 0 Å². The summed E-state index contributed by atoms with van der Waals surface area (Å²) in [6.45, 7) is 23.9. The molecule has 3 N–H and O–H groups in total. The number of amides is 2. The van der Waals surface area contributed by atoms with E-state index in [2.05, 4.69) is 39.9 Å². The van der Waals surface area contributed by atoms with E-state index in [1.807, 2.05) is 34.6 Å². The molecule has 0 saturated carbocycles. The van der Waals surface area contributed by atoms with E-state index in [9.17, 15) is 14.4 Å². The van der Waals surface area contributed by atoms with Crippen molar-refractivity contribution in [2.45, 2.75) is 108 Å². The zero-order valence-electron chi connectivity index (χ0n) is 26.0. The molecule has 0 fully saturated rings. The summed E-state index contributed by atoms with van der Waals surface area (Å²) in [6.07, 6.45) is 2.16. The number of nitrogens with zero attached hydrogens (tertiary/aromatic N) is 1. The second-order valence-corrected chi connectivity index (χ2v) is 12.0. The van der Waals surface area contributed by atoms with Gasteiger partial charge in [0.25, 0.3) is 0 Å². The topological polar surface area (TPSA) is 102 Å². The van der Waals surface area contributed by atoms with Crippen LogP contribution in [-0.2, 0) is 25.5 Å². The number of benzene rings is 1. The number of rotatable bonds is 10. The van der Waals surface area contributed by atoms with Crippen molar-refractivity contribution < 1.29 is 19.1 Å². The first-order chi connectivity index (χ1) is 17.4. The van der Waals surface area contributed by atoms with Gasteiger partial charge in [0.1, 0.15) is 6.04 Å². The van der Waals surface area contributed by atoms with E-state index in [0.717, 1.165) is 16.7 Å². The Kier molecular flexibility index (Phi) is 11.8. The average Bonchev–Trinajstić information content (AvgIpc) is 2.83. The van der Waals surface area contributed by atoms with E-state index in [0.29, 0.717) is 12.0 Å². The van der Waals surface area contributed by atoms with Crippen LogP contribution >= 0.6 is 0 Å². The van der Waals surface area contributed by atoms with Crippen molar-refractivity contribution in [1.82, 2.24) is 10.2 Å². The lowest BCUT2D eigenvalue weighted by Crippen LogP contribution is -2.59. The van der Waals surface area contributed by atoms with Crippen molar-refractivity contribution in [2.24, 2.45) is 17.1 Å². The molecule has 1 aromatic rings. The standard InChI is InChI=1S/C31H51N3O4/c1-14-38-30(37)18(4)15-26(17(2)3)34(13)29(36)27(31(10,11)12)33-28(35)25(32)16-24-22(8)20(6)19(5)21(7)23(24)9/h15,17,25-27H,14,16,32H2,1-13H3,(H,33,35)/b18-15+/t25-,26-,27-/m1/s1. The van der Waals surface area contributed by atoms with Crippen molar-refractivity contribution in [3.8, 4) is 0 Å². The summed E-state index contributed by atoms with van der Waals surface area (Å²) in [6, 6.07) is -1.96. The third kappa shape index (κ3) is 7.92. The van der Waals surface area contributed by atoms with Gasteiger partial charge < -0.3 is 20.7 Å². The van der Waals surface area contributed by atoms with E-state index < -0.39 is 23.5 Å². The van der Waals surface area contributed by atoms with Gasteiger partial charge in [0.15, 0.2) is 0 Å². The number of carbonyl (C=O) groups is 3. The maximum absolute atomic E-state index is 13.8. The number of nitrogens with one attached hydrogen (secondary N) is 1. The molecule has 38 heavy (non-hydrogen) atoms. The second-order valence-electron chi connectivity index (χ2n) is 12.0. The van der Waals surface area contributed by atoms with Gasteiger partial charge in [-0.3, -0.25) is 9.59 Å². The largest absolute Gasteiger partial charge is 0.463 e. The van der Waals surface area contributed by atoms with E-state index in [-0.39, 0.29) is 30.4 Å². The van der Waals surface area contributed by atoms with E-state index in [4.69, 9.17) is 10.5 Å². The Morgan fingerprint density at radius 3 is 1.87 bits per heavy atom. The number of hydrogen-bond donors (Lipinski definition) is 2. The minimum Gasteiger partial charge on any atom is -0.463 e. The number of hydrogen-bond acceptors (Lipinski definition) is 5. The van der Waals surface area contributed by atoms with Gasteiger partial charge in [0.2, 0.25) is 11.8 Å². The Labute approximate surface area is 230 Å². The maximum Gasteiger partial charge on any atom is 0.333 e. The molecule has 0 aliphatic heterocycles. The molecule has 214 valence electrons. The van der Waals surface area contributed by atoms with Gasteiger partial charge in [-0.05, 0) is 99.6 Å². The Morgan fingerprint density at radius 2 is 1.45 bits per heavy atom. The molecule has 1 aromatic carbocycles. The van der Waals surface area contributed by atoms with E-state index >= 15 is 0 Å². The predicted octanol–water partition coefficient (Wildman–Crippen LogP) is 4.62. The molecule has 3 atom stereocenters. The zero-order valence-corrected chi connectivity index (χ0v) is 26.0. The molecule has 0 aliphatic carbocycles. The number of esters is 1. The fourth-order valence-corrected chi connectivity index (χ4v) is 4.77. The predicted molar refractivity (Wildman–Crippen MR) is 155 cm³/mol. The van der Waals surface area contributed by atoms with Crippen LogP contribution in [0, 0.1) is 46.0 Å². The third-order valence-electron chi connectivity index (χ3n) is 7.81. The molecule has 0 unspecified atom stereocenters. The van der Waals surface area contributed by atoms with Crippen molar-refractivity contribution in [3.05, 3.63) is 45.0 Å². The van der Waals surface area contributed by atoms with E-state index in [1.54, 1.807) is 31.9 Å². The monoisotopic (exact) mass is 529 g/mol. The summed E-state index contributed by atoms with van der Waals surface area (Å²) in [5.74, 6) is -0.969. The quantitative estimate of drug-likeness (QED) is 0.340. The van der Waals surface area contributed by atoms with E-state index in [1.165, 1.54) is 16.7 Å². The number of likely N-dealkylation sites (N-methyl/N-ethyl adjacent to an activating group) is 1. The summed E-state index contributed by atoms with van der Waals surface area (Å²) < 4.78 is 5.11. The highest BCUT2D eigenvalue weighted by Gasteiger charge is 2.38. The van der Waals surface area contributed by atoms with Crippen molar-refractivity contribution in [1.29, 1.82) is 0 Å². The molecule has 0 saturated heterocycles. The maximum atomic E-state index is 13.8. The molecule has 7 nitrogen and oxygen atoms in total. The smallest absolute Gasteiger partial charge is 0.333 e. The van der Waals surface area contributed by atoms with Crippen molar-refractivity contribution in [3.63, 3.8) is 0 Å². The molecular weight excluding hydrogens is 478 g/mol. The number of ether oxygens (including phenoxy) is 1. The van der Waals surface area contributed by atoms with Crippen molar-refractivity contribution in [2.75, 3.05) is 13.7 Å². The molecule has 7 heteroatoms. The molecule has 1 rings (SSSR count). The minimum absolute atomic E-state index is 0.0332. The van der Waals surface area contributed by atoms with Gasteiger partial charge >= 0.3 is 5.97 Å². The first-order valence-corrected chi connectivity index (χ1v) is 13.6. The van der Waals surface area contributed by atoms with Crippen LogP contribution < -0.4 is 11.1 Å². The van der Waals surface area contributed by atoms with Crippen LogP contribution in [0.4, 0.5) is 0 Å². The summed E-state index contributed by atoms with van der Waals surface area (Å²) in [5.41, 5.74) is 13.4. The van der Waals surface area contributed by atoms with Gasteiger partial charge in [0, 0.05) is 12.6 Å². The highest BCUT2D eigenvalue weighted by Crippen LogP contribution is 2.28. The summed E-state index contributed by atoms with van der Waals surface area (Å²) in [4.78, 5) is 41.0. The van der Waals surface area contributed by atoms with Crippen LogP contribution in [0.25, 0.3) is 0 Å². The normalized spacial score (nSPS) is 14.7. The van der Waals surface area contributed by atoms with Gasteiger partial charge in [-0.25, -0.2) is 4.79 Å². The first-order valence-electron chi connectivity index (χ1n) is 13.6. The molecule has 0 radical (unpaired) electrons. The number of nitrogens with two attached hydrogens (primary N) is 1. The van der Waals surface area contributed by atoms with Gasteiger partial charge in [-0.15, -0.1) is 0 Å². The number of carbonyl (C=O) groups excluding carboxylic acids is 3. The molecule has 0 aromatic heterocycles. The zero-order chi connectivity index (χ0) is 29.7. The van der Waals surface area contributed by atoms with Crippen LogP contribution in [0.15, 0.2) is 11.6 Å². The van der Waals surface area contributed by atoms with Crippen LogP contribution in [-0.4, -0.2) is 54.5 Å². The fourth-order valence-electron chi connectivity index (χ4n) is 4.77.